The van der Waals surface area contributed by atoms with Crippen LogP contribution in [0.25, 0.3) is 11.3 Å². The zero-order valence-electron chi connectivity index (χ0n) is 14.3. The molecule has 0 saturated heterocycles. The Labute approximate surface area is 163 Å². The van der Waals surface area contributed by atoms with Gasteiger partial charge in [0.25, 0.3) is 5.91 Å². The third-order valence-corrected chi connectivity index (χ3v) is 4.20. The minimum absolute atomic E-state index is 0.297. The van der Waals surface area contributed by atoms with E-state index in [2.05, 4.69) is 41.4 Å². The highest BCUT2D eigenvalue weighted by Gasteiger charge is 2.10. The Morgan fingerprint density at radius 2 is 1.85 bits per heavy atom. The van der Waals surface area contributed by atoms with Crippen LogP contribution in [-0.4, -0.2) is 35.4 Å². The summed E-state index contributed by atoms with van der Waals surface area (Å²) in [6.45, 7) is 0. The number of carbonyl (C=O) groups is 2. The first-order valence-electron chi connectivity index (χ1n) is 7.90. The van der Waals surface area contributed by atoms with E-state index in [0.717, 1.165) is 15.6 Å². The molecule has 0 aliphatic heterocycles. The largest absolute Gasteiger partial charge is 0.465 e. The highest BCUT2D eigenvalue weighted by molar-refractivity contribution is 9.10. The predicted molar refractivity (Wildman–Crippen MR) is 105 cm³/mol. The van der Waals surface area contributed by atoms with E-state index in [4.69, 9.17) is 0 Å². The second kappa shape index (κ2) is 8.41. The maximum Gasteiger partial charge on any atom is 0.337 e. The number of H-pyrrole nitrogens is 1. The molecule has 7 nitrogen and oxygen atoms in total. The predicted octanol–water partition coefficient (Wildman–Crippen LogP) is 3.39. The van der Waals surface area contributed by atoms with Crippen LogP contribution in [0.1, 0.15) is 26.4 Å². The standard InChI is InChI=1S/C19H15BrN4O3/c1-27-19(26)14-4-2-12(3-5-14)11-21-24-18(25)17-10-16(22-23-17)13-6-8-15(20)9-7-13/h2-11H,1H3,(H,22,23)(H,24,25)/b21-11-. The number of aromatic amines is 1. The number of ether oxygens (including phenoxy) is 1. The number of halogens is 1. The Bertz CT molecular complexity index is 979. The van der Waals surface area contributed by atoms with Crippen molar-refractivity contribution in [3.63, 3.8) is 0 Å². The Balaban J connectivity index is 1.61. The molecule has 3 rings (SSSR count). The first-order valence-corrected chi connectivity index (χ1v) is 8.69. The topological polar surface area (TPSA) is 96.4 Å². The number of aromatic nitrogens is 2. The molecule has 0 bridgehead atoms. The van der Waals surface area contributed by atoms with Gasteiger partial charge in [-0.15, -0.1) is 0 Å². The maximum absolute atomic E-state index is 12.2. The number of amides is 1. The van der Waals surface area contributed by atoms with Gasteiger partial charge in [0.2, 0.25) is 0 Å². The summed E-state index contributed by atoms with van der Waals surface area (Å²) in [5, 5.41) is 10.7. The SMILES string of the molecule is COC(=O)c1ccc(/C=N\NC(=O)c2cc(-c3ccc(Br)cc3)n[nH]2)cc1. The van der Waals surface area contributed by atoms with E-state index in [1.165, 1.54) is 13.3 Å². The third kappa shape index (κ3) is 4.68. The number of rotatable bonds is 5. The number of carbonyl (C=O) groups excluding carboxylic acids is 2. The van der Waals surface area contributed by atoms with Crippen LogP contribution in [0.5, 0.6) is 0 Å². The van der Waals surface area contributed by atoms with Crippen LogP contribution in [0.2, 0.25) is 0 Å². The quantitative estimate of drug-likeness (QED) is 0.371. The van der Waals surface area contributed by atoms with E-state index in [-0.39, 0.29) is 0 Å². The molecule has 1 amide bonds. The molecule has 0 atom stereocenters. The average Bonchev–Trinajstić information content (AvgIpc) is 3.19. The molecule has 136 valence electrons. The van der Waals surface area contributed by atoms with E-state index in [0.29, 0.717) is 17.0 Å². The number of methoxy groups -OCH3 is 1. The summed E-state index contributed by atoms with van der Waals surface area (Å²) in [5.41, 5.74) is 5.45. The Morgan fingerprint density at radius 1 is 1.15 bits per heavy atom. The van der Waals surface area contributed by atoms with Gasteiger partial charge in [-0.3, -0.25) is 9.89 Å². The minimum Gasteiger partial charge on any atom is -0.465 e. The molecule has 8 heteroatoms. The van der Waals surface area contributed by atoms with Crippen molar-refractivity contribution in [2.45, 2.75) is 0 Å². The number of nitrogens with one attached hydrogen (secondary N) is 2. The van der Waals surface area contributed by atoms with Crippen molar-refractivity contribution >= 4 is 34.0 Å². The Kier molecular flexibility index (Phi) is 5.77. The second-order valence-electron chi connectivity index (χ2n) is 5.49. The number of nitrogens with zero attached hydrogens (tertiary/aromatic N) is 2. The summed E-state index contributed by atoms with van der Waals surface area (Å²) >= 11 is 3.38. The molecule has 0 unspecified atom stereocenters. The maximum atomic E-state index is 12.2. The fourth-order valence-electron chi connectivity index (χ4n) is 2.26. The number of hydrogen-bond acceptors (Lipinski definition) is 5. The lowest BCUT2D eigenvalue weighted by molar-refractivity contribution is 0.0600. The van der Waals surface area contributed by atoms with E-state index >= 15 is 0 Å². The fourth-order valence-corrected chi connectivity index (χ4v) is 2.52. The van der Waals surface area contributed by atoms with Gasteiger partial charge in [0.1, 0.15) is 5.69 Å². The molecule has 27 heavy (non-hydrogen) atoms. The molecule has 0 spiro atoms. The van der Waals surface area contributed by atoms with Crippen molar-refractivity contribution in [1.82, 2.24) is 15.6 Å². The lowest BCUT2D eigenvalue weighted by Gasteiger charge is -1.99. The molecule has 1 heterocycles. The second-order valence-corrected chi connectivity index (χ2v) is 6.40. The summed E-state index contributed by atoms with van der Waals surface area (Å²) in [6.07, 6.45) is 1.48. The minimum atomic E-state index is -0.410. The van der Waals surface area contributed by atoms with Gasteiger partial charge in [-0.05, 0) is 35.9 Å². The van der Waals surface area contributed by atoms with Crippen LogP contribution in [-0.2, 0) is 4.74 Å². The normalized spacial score (nSPS) is 10.7. The van der Waals surface area contributed by atoms with Gasteiger partial charge >= 0.3 is 5.97 Å². The molecule has 0 saturated carbocycles. The van der Waals surface area contributed by atoms with E-state index in [1.807, 2.05) is 24.3 Å². The number of hydrogen-bond donors (Lipinski definition) is 2. The van der Waals surface area contributed by atoms with Gasteiger partial charge < -0.3 is 4.74 Å². The summed E-state index contributed by atoms with van der Waals surface area (Å²) in [4.78, 5) is 23.5. The van der Waals surface area contributed by atoms with Crippen molar-refractivity contribution in [2.24, 2.45) is 5.10 Å². The van der Waals surface area contributed by atoms with Crippen LogP contribution in [0.15, 0.2) is 64.2 Å². The number of esters is 1. The smallest absolute Gasteiger partial charge is 0.337 e. The first kappa shape index (κ1) is 18.5. The van der Waals surface area contributed by atoms with E-state index in [1.54, 1.807) is 30.3 Å². The molecule has 2 N–H and O–H groups in total. The summed E-state index contributed by atoms with van der Waals surface area (Å²) in [6, 6.07) is 15.9. The number of hydrazone groups is 1. The van der Waals surface area contributed by atoms with Crippen LogP contribution in [0.3, 0.4) is 0 Å². The molecule has 2 aromatic carbocycles. The van der Waals surface area contributed by atoms with Gasteiger partial charge in [0.05, 0.1) is 24.6 Å². The molecule has 0 radical (unpaired) electrons. The van der Waals surface area contributed by atoms with E-state index < -0.39 is 11.9 Å². The lowest BCUT2D eigenvalue weighted by Crippen LogP contribution is -2.18. The molecular formula is C19H15BrN4O3. The molecule has 3 aromatic rings. The summed E-state index contributed by atoms with van der Waals surface area (Å²) in [7, 11) is 1.32. The van der Waals surface area contributed by atoms with Crippen molar-refractivity contribution in [2.75, 3.05) is 7.11 Å². The van der Waals surface area contributed by atoms with Gasteiger partial charge in [-0.25, -0.2) is 10.2 Å². The first-order chi connectivity index (χ1) is 13.1. The summed E-state index contributed by atoms with van der Waals surface area (Å²) in [5.74, 6) is -0.819. The fraction of sp³-hybridized carbons (Fsp3) is 0.0526. The average molecular weight is 427 g/mol. The van der Waals surface area contributed by atoms with E-state index in [9.17, 15) is 9.59 Å². The van der Waals surface area contributed by atoms with Gasteiger partial charge in [0, 0.05) is 10.0 Å². The van der Waals surface area contributed by atoms with Crippen molar-refractivity contribution in [3.05, 3.63) is 75.9 Å². The zero-order valence-corrected chi connectivity index (χ0v) is 15.9. The van der Waals surface area contributed by atoms with Gasteiger partial charge in [0.15, 0.2) is 0 Å². The highest BCUT2D eigenvalue weighted by Crippen LogP contribution is 2.20. The lowest BCUT2D eigenvalue weighted by atomic mass is 10.1. The van der Waals surface area contributed by atoms with Crippen LogP contribution in [0.4, 0.5) is 0 Å². The van der Waals surface area contributed by atoms with Crippen LogP contribution >= 0.6 is 15.9 Å². The van der Waals surface area contributed by atoms with Crippen molar-refractivity contribution < 1.29 is 14.3 Å². The van der Waals surface area contributed by atoms with Gasteiger partial charge in [-0.2, -0.15) is 10.2 Å². The van der Waals surface area contributed by atoms with Crippen molar-refractivity contribution in [3.8, 4) is 11.3 Å². The molecule has 0 aliphatic rings. The molecular weight excluding hydrogens is 412 g/mol. The number of benzene rings is 2. The van der Waals surface area contributed by atoms with Gasteiger partial charge in [-0.1, -0.05) is 40.2 Å². The Hall–Kier alpha value is -3.26. The molecule has 1 aromatic heterocycles. The third-order valence-electron chi connectivity index (χ3n) is 3.67. The Morgan fingerprint density at radius 3 is 2.52 bits per heavy atom. The monoisotopic (exact) mass is 426 g/mol. The summed E-state index contributed by atoms with van der Waals surface area (Å²) < 4.78 is 5.60. The van der Waals surface area contributed by atoms with Crippen molar-refractivity contribution in [1.29, 1.82) is 0 Å². The van der Waals surface area contributed by atoms with Crippen LogP contribution in [0, 0.1) is 0 Å². The molecule has 0 aliphatic carbocycles. The molecule has 0 fully saturated rings. The zero-order chi connectivity index (χ0) is 19.2. The van der Waals surface area contributed by atoms with Crippen LogP contribution < -0.4 is 5.43 Å². The highest BCUT2D eigenvalue weighted by atomic mass is 79.9.